The molecule has 3 aromatic heterocycles. The van der Waals surface area contributed by atoms with E-state index in [9.17, 15) is 0 Å². The zero-order valence-electron chi connectivity index (χ0n) is 16.8. The third kappa shape index (κ3) is 3.68. The van der Waals surface area contributed by atoms with Gasteiger partial charge < -0.3 is 14.2 Å². The molecule has 5 aromatic rings. The molecule has 0 saturated heterocycles. The summed E-state index contributed by atoms with van der Waals surface area (Å²) in [5.74, 6) is 2.69. The highest BCUT2D eigenvalue weighted by atomic mass is 32.1. The molecule has 0 saturated carbocycles. The van der Waals surface area contributed by atoms with Crippen molar-refractivity contribution in [1.82, 2.24) is 30.0 Å². The van der Waals surface area contributed by atoms with Crippen molar-refractivity contribution < 1.29 is 14.2 Å². The summed E-state index contributed by atoms with van der Waals surface area (Å²) < 4.78 is 18.1. The van der Waals surface area contributed by atoms with Gasteiger partial charge >= 0.3 is 0 Å². The first-order valence-corrected chi connectivity index (χ1v) is 10.2. The Hall–Kier alpha value is -3.92. The standard InChI is InChI=1S/C21H18N6O3S/c1-28-14-9-7-13(8-10-14)15-11-16(23-22-15)20-26-27-19(24-25-21(27)31-20)12-30-18-6-4-3-5-17(18)29-2/h3-11H,12H2,1-2H3,(H,22,23). The number of methoxy groups -OCH3 is 2. The van der Waals surface area contributed by atoms with Crippen LogP contribution in [0.25, 0.3) is 26.9 Å². The molecule has 5 rings (SSSR count). The van der Waals surface area contributed by atoms with Gasteiger partial charge in [0.1, 0.15) is 5.75 Å². The van der Waals surface area contributed by atoms with Gasteiger partial charge in [0, 0.05) is 5.56 Å². The SMILES string of the molecule is COc1ccc(-c2cc(-c3nn4c(COc5ccccc5OC)nnc4s3)[nH]n2)cc1. The van der Waals surface area contributed by atoms with Crippen LogP contribution in [0.1, 0.15) is 5.82 Å². The predicted octanol–water partition coefficient (Wildman–Crippen LogP) is 3.84. The smallest absolute Gasteiger partial charge is 0.235 e. The highest BCUT2D eigenvalue weighted by molar-refractivity contribution is 7.19. The van der Waals surface area contributed by atoms with E-state index in [-0.39, 0.29) is 6.61 Å². The second-order valence-electron chi connectivity index (χ2n) is 6.55. The summed E-state index contributed by atoms with van der Waals surface area (Å²) in [6, 6.07) is 17.1. The maximum atomic E-state index is 5.86. The summed E-state index contributed by atoms with van der Waals surface area (Å²) in [6.45, 7) is 0.213. The number of benzene rings is 2. The zero-order chi connectivity index (χ0) is 21.2. The number of nitrogens with zero attached hydrogens (tertiary/aromatic N) is 5. The van der Waals surface area contributed by atoms with Crippen LogP contribution in [0.2, 0.25) is 0 Å². The van der Waals surface area contributed by atoms with Crippen molar-refractivity contribution in [3.63, 3.8) is 0 Å². The molecule has 156 valence electrons. The van der Waals surface area contributed by atoms with E-state index in [1.807, 2.05) is 54.6 Å². The van der Waals surface area contributed by atoms with Crippen LogP contribution in [-0.4, -0.2) is 44.2 Å². The second-order valence-corrected chi connectivity index (χ2v) is 7.51. The van der Waals surface area contributed by atoms with Crippen molar-refractivity contribution in [1.29, 1.82) is 0 Å². The number of fused-ring (bicyclic) bond motifs is 1. The first kappa shape index (κ1) is 19.1. The first-order valence-electron chi connectivity index (χ1n) is 9.42. The van der Waals surface area contributed by atoms with Gasteiger partial charge in [0.05, 0.1) is 25.6 Å². The van der Waals surface area contributed by atoms with Crippen LogP contribution in [0.5, 0.6) is 17.2 Å². The van der Waals surface area contributed by atoms with Gasteiger partial charge in [-0.15, -0.1) is 10.2 Å². The molecule has 0 bridgehead atoms. The van der Waals surface area contributed by atoms with E-state index in [1.54, 1.807) is 18.7 Å². The Morgan fingerprint density at radius 3 is 2.55 bits per heavy atom. The molecule has 0 fully saturated rings. The number of H-pyrrole nitrogens is 1. The molecule has 0 spiro atoms. The first-order chi connectivity index (χ1) is 15.2. The Balaban J connectivity index is 1.37. The average Bonchev–Trinajstić information content (AvgIpc) is 3.54. The topological polar surface area (TPSA) is 99.5 Å². The predicted molar refractivity (Wildman–Crippen MR) is 116 cm³/mol. The van der Waals surface area contributed by atoms with Crippen molar-refractivity contribution in [2.45, 2.75) is 6.61 Å². The summed E-state index contributed by atoms with van der Waals surface area (Å²) in [5.41, 5.74) is 2.61. The van der Waals surface area contributed by atoms with Gasteiger partial charge in [0.15, 0.2) is 28.9 Å². The molecule has 9 nitrogen and oxygen atoms in total. The van der Waals surface area contributed by atoms with Gasteiger partial charge in [-0.1, -0.05) is 23.5 Å². The van der Waals surface area contributed by atoms with E-state index in [0.717, 1.165) is 27.7 Å². The van der Waals surface area contributed by atoms with Crippen LogP contribution in [-0.2, 0) is 6.61 Å². The summed E-state index contributed by atoms with van der Waals surface area (Å²) in [5, 5.41) is 21.3. The lowest BCUT2D eigenvalue weighted by atomic mass is 10.1. The lowest BCUT2D eigenvalue weighted by molar-refractivity contribution is 0.274. The van der Waals surface area contributed by atoms with Crippen molar-refractivity contribution >= 4 is 16.3 Å². The van der Waals surface area contributed by atoms with Gasteiger partial charge in [-0.3, -0.25) is 5.10 Å². The van der Waals surface area contributed by atoms with Crippen LogP contribution in [0.15, 0.2) is 54.6 Å². The van der Waals surface area contributed by atoms with Crippen LogP contribution in [0, 0.1) is 0 Å². The molecular weight excluding hydrogens is 416 g/mol. The number of aromatic amines is 1. The maximum Gasteiger partial charge on any atom is 0.235 e. The molecule has 0 unspecified atom stereocenters. The fourth-order valence-corrected chi connectivity index (χ4v) is 3.90. The van der Waals surface area contributed by atoms with Crippen LogP contribution >= 0.6 is 11.3 Å². The molecule has 0 aliphatic carbocycles. The Bertz CT molecular complexity index is 1320. The number of rotatable bonds is 7. The molecule has 0 aliphatic heterocycles. The molecular formula is C21H18N6O3S. The number of nitrogens with one attached hydrogen (secondary N) is 1. The van der Waals surface area contributed by atoms with E-state index in [2.05, 4.69) is 25.5 Å². The van der Waals surface area contributed by atoms with E-state index in [4.69, 9.17) is 14.2 Å². The quantitative estimate of drug-likeness (QED) is 0.415. The molecule has 0 aliphatic rings. The fraction of sp³-hybridized carbons (Fsp3) is 0.143. The number of hydrogen-bond donors (Lipinski definition) is 1. The minimum Gasteiger partial charge on any atom is -0.497 e. The Kier molecular flexibility index (Phi) is 4.97. The van der Waals surface area contributed by atoms with Gasteiger partial charge in [-0.2, -0.15) is 14.7 Å². The second kappa shape index (κ2) is 8.07. The molecule has 0 radical (unpaired) electrons. The van der Waals surface area contributed by atoms with Crippen molar-refractivity contribution in [2.75, 3.05) is 14.2 Å². The highest BCUT2D eigenvalue weighted by Gasteiger charge is 2.16. The highest BCUT2D eigenvalue weighted by Crippen LogP contribution is 2.29. The van der Waals surface area contributed by atoms with E-state index < -0.39 is 0 Å². The normalized spacial score (nSPS) is 11.0. The maximum absolute atomic E-state index is 5.86. The minimum atomic E-state index is 0.213. The summed E-state index contributed by atoms with van der Waals surface area (Å²) in [6.07, 6.45) is 0. The van der Waals surface area contributed by atoms with Crippen LogP contribution < -0.4 is 14.2 Å². The zero-order valence-corrected chi connectivity index (χ0v) is 17.6. The summed E-state index contributed by atoms with van der Waals surface area (Å²) in [4.78, 5) is 0.675. The van der Waals surface area contributed by atoms with E-state index in [0.29, 0.717) is 22.3 Å². The molecule has 31 heavy (non-hydrogen) atoms. The molecule has 1 N–H and O–H groups in total. The van der Waals surface area contributed by atoms with E-state index in [1.165, 1.54) is 11.3 Å². The number of aromatic nitrogens is 6. The fourth-order valence-electron chi connectivity index (χ4n) is 3.08. The number of para-hydroxylation sites is 2. The Labute approximate surface area is 181 Å². The number of ether oxygens (including phenoxy) is 3. The third-order valence-corrected chi connectivity index (χ3v) is 5.61. The van der Waals surface area contributed by atoms with Gasteiger partial charge in [-0.25, -0.2) is 0 Å². The lowest BCUT2D eigenvalue weighted by Gasteiger charge is -2.08. The third-order valence-electron chi connectivity index (χ3n) is 4.68. The van der Waals surface area contributed by atoms with Gasteiger partial charge in [0.2, 0.25) is 4.96 Å². The summed E-state index contributed by atoms with van der Waals surface area (Å²) >= 11 is 1.42. The lowest BCUT2D eigenvalue weighted by Crippen LogP contribution is -2.03. The monoisotopic (exact) mass is 434 g/mol. The van der Waals surface area contributed by atoms with Crippen molar-refractivity contribution in [3.05, 3.63) is 60.4 Å². The average molecular weight is 434 g/mol. The molecule has 0 amide bonds. The summed E-state index contributed by atoms with van der Waals surface area (Å²) in [7, 11) is 3.25. The van der Waals surface area contributed by atoms with Gasteiger partial charge in [-0.05, 0) is 42.5 Å². The molecule has 2 aromatic carbocycles. The largest absolute Gasteiger partial charge is 0.497 e. The molecule has 3 heterocycles. The van der Waals surface area contributed by atoms with E-state index >= 15 is 0 Å². The van der Waals surface area contributed by atoms with Gasteiger partial charge in [0.25, 0.3) is 0 Å². The van der Waals surface area contributed by atoms with Crippen LogP contribution in [0.3, 0.4) is 0 Å². The molecule has 0 atom stereocenters. The van der Waals surface area contributed by atoms with Crippen LogP contribution in [0.4, 0.5) is 0 Å². The van der Waals surface area contributed by atoms with Crippen molar-refractivity contribution in [2.24, 2.45) is 0 Å². The number of hydrogen-bond acceptors (Lipinski definition) is 8. The Morgan fingerprint density at radius 2 is 1.77 bits per heavy atom. The Morgan fingerprint density at radius 1 is 0.968 bits per heavy atom. The van der Waals surface area contributed by atoms with Crippen molar-refractivity contribution in [3.8, 4) is 39.2 Å². The molecule has 10 heteroatoms. The minimum absolute atomic E-state index is 0.213.